The first kappa shape index (κ1) is 14.7. The maximum atomic E-state index is 11.3. The van der Waals surface area contributed by atoms with Gasteiger partial charge >= 0.3 is 6.09 Å². The van der Waals surface area contributed by atoms with Crippen molar-refractivity contribution in [2.75, 3.05) is 0 Å². The van der Waals surface area contributed by atoms with Gasteiger partial charge in [-0.25, -0.2) is 10.6 Å². The van der Waals surface area contributed by atoms with E-state index in [-0.39, 0.29) is 0 Å². The van der Waals surface area contributed by atoms with Gasteiger partial charge in [-0.3, -0.25) is 10.2 Å². The van der Waals surface area contributed by atoms with E-state index in [2.05, 4.69) is 5.32 Å². The second-order valence-corrected chi connectivity index (χ2v) is 4.75. The van der Waals surface area contributed by atoms with Gasteiger partial charge in [-0.15, -0.1) is 0 Å². The summed E-state index contributed by atoms with van der Waals surface area (Å²) in [5, 5.41) is 20.7. The molecule has 0 aromatic heterocycles. The fourth-order valence-corrected chi connectivity index (χ4v) is 2.48. The zero-order chi connectivity index (χ0) is 13.5. The van der Waals surface area contributed by atoms with Gasteiger partial charge in [0.05, 0.1) is 6.04 Å². The normalized spacial score (nSPS) is 19.9. The average Bonchev–Trinajstić information content (AvgIpc) is 2.37. The van der Waals surface area contributed by atoms with Gasteiger partial charge in [0.1, 0.15) is 0 Å². The Morgan fingerprint density at radius 1 is 1.28 bits per heavy atom. The molecule has 0 spiro atoms. The van der Waals surface area contributed by atoms with E-state index in [1.54, 1.807) is 0 Å². The number of aliphatic hydroxyl groups is 1. The molecular weight excluding hydrogens is 238 g/mol. The predicted octanol–water partition coefficient (Wildman–Crippen LogP) is -0.0562. The van der Waals surface area contributed by atoms with Crippen LogP contribution >= 0.6 is 0 Å². The van der Waals surface area contributed by atoms with Crippen molar-refractivity contribution in [2.24, 2.45) is 11.8 Å². The van der Waals surface area contributed by atoms with Crippen LogP contribution in [-0.2, 0) is 4.79 Å². The second kappa shape index (κ2) is 7.17. The summed E-state index contributed by atoms with van der Waals surface area (Å²) < 4.78 is 0. The maximum Gasteiger partial charge on any atom is 0.404 e. The van der Waals surface area contributed by atoms with Crippen molar-refractivity contribution in [3.8, 4) is 0 Å². The highest BCUT2D eigenvalue weighted by molar-refractivity contribution is 5.81. The fraction of sp³-hybridized carbons (Fsp3) is 0.818. The number of nitrogens with one attached hydrogen (secondary N) is 2. The molecule has 1 fully saturated rings. The van der Waals surface area contributed by atoms with Gasteiger partial charge in [0.2, 0.25) is 0 Å². The van der Waals surface area contributed by atoms with Gasteiger partial charge in [-0.2, -0.15) is 0 Å². The number of hydrogen-bond donors (Lipinski definition) is 5. The molecule has 1 rings (SSSR count). The highest BCUT2D eigenvalue weighted by atomic mass is 16.4. The van der Waals surface area contributed by atoms with Gasteiger partial charge < -0.3 is 15.5 Å². The molecule has 104 valence electrons. The Hall–Kier alpha value is -1.34. The summed E-state index contributed by atoms with van der Waals surface area (Å²) in [5.41, 5.74) is 1.83. The summed E-state index contributed by atoms with van der Waals surface area (Å²) in [6.07, 6.45) is 3.20. The van der Waals surface area contributed by atoms with Crippen LogP contribution in [0.1, 0.15) is 38.5 Å². The van der Waals surface area contributed by atoms with Crippen molar-refractivity contribution in [2.45, 2.75) is 50.7 Å². The quantitative estimate of drug-likeness (QED) is 0.269. The molecule has 0 bridgehead atoms. The number of rotatable bonds is 5. The molecule has 0 unspecified atom stereocenters. The third-order valence-corrected chi connectivity index (χ3v) is 3.41. The lowest BCUT2D eigenvalue weighted by Gasteiger charge is -2.28. The van der Waals surface area contributed by atoms with Gasteiger partial charge in [0.25, 0.3) is 5.91 Å². The lowest BCUT2D eigenvalue weighted by atomic mass is 9.83. The van der Waals surface area contributed by atoms with E-state index in [1.165, 1.54) is 6.42 Å². The lowest BCUT2D eigenvalue weighted by Crippen LogP contribution is -2.52. The zero-order valence-electron chi connectivity index (χ0n) is 10.3. The van der Waals surface area contributed by atoms with Crippen molar-refractivity contribution >= 4 is 12.0 Å². The van der Waals surface area contributed by atoms with Gasteiger partial charge in [0.15, 0.2) is 6.10 Å². The lowest BCUT2D eigenvalue weighted by molar-refractivity contribution is -0.131. The first-order valence-corrected chi connectivity index (χ1v) is 6.22. The van der Waals surface area contributed by atoms with Crippen molar-refractivity contribution in [1.29, 1.82) is 0 Å². The summed E-state index contributed by atoms with van der Waals surface area (Å²) >= 11 is 0. The molecule has 7 heteroatoms. The first-order chi connectivity index (χ1) is 8.54. The molecule has 0 heterocycles. The molecule has 6 N–H and O–H groups in total. The molecule has 0 aromatic carbocycles. The minimum Gasteiger partial charge on any atom is -0.465 e. The topological polar surface area (TPSA) is 125 Å². The smallest absolute Gasteiger partial charge is 0.404 e. The second-order valence-electron chi connectivity index (χ2n) is 4.75. The Morgan fingerprint density at radius 3 is 2.39 bits per heavy atom. The summed E-state index contributed by atoms with van der Waals surface area (Å²) in [5.74, 6) is 4.51. The minimum atomic E-state index is -1.45. The third-order valence-electron chi connectivity index (χ3n) is 3.41. The van der Waals surface area contributed by atoms with Crippen LogP contribution in [0.2, 0.25) is 0 Å². The summed E-state index contributed by atoms with van der Waals surface area (Å²) in [4.78, 5) is 21.9. The van der Waals surface area contributed by atoms with E-state index >= 15 is 0 Å². The Balaban J connectivity index is 2.58. The molecule has 1 aliphatic carbocycles. The number of nitrogens with two attached hydrogens (primary N) is 1. The Kier molecular flexibility index (Phi) is 5.87. The molecule has 1 aliphatic rings. The van der Waals surface area contributed by atoms with Crippen LogP contribution in [-0.4, -0.2) is 34.4 Å². The van der Waals surface area contributed by atoms with E-state index in [1.807, 2.05) is 5.43 Å². The van der Waals surface area contributed by atoms with Crippen molar-refractivity contribution in [3.05, 3.63) is 0 Å². The van der Waals surface area contributed by atoms with E-state index in [9.17, 15) is 14.7 Å². The molecule has 0 aromatic rings. The number of carbonyl (C=O) groups is 2. The first-order valence-electron chi connectivity index (χ1n) is 6.22. The molecule has 7 nitrogen and oxygen atoms in total. The number of carboxylic acid groups (broad SMARTS) is 1. The summed E-state index contributed by atoms with van der Waals surface area (Å²) in [6, 6.07) is -0.811. The Morgan fingerprint density at radius 2 is 1.89 bits per heavy atom. The zero-order valence-corrected chi connectivity index (χ0v) is 10.3. The molecule has 1 saturated carbocycles. The van der Waals surface area contributed by atoms with Crippen LogP contribution in [0.4, 0.5) is 4.79 Å². The standard InChI is InChI=1S/C11H21N3O4/c12-14-10(16)9(15)8(13-11(17)18)6-7-4-2-1-3-5-7/h7-9,13,15H,1-6,12H2,(H,14,16)(H,17,18)/t8-,9+/m1/s1. The number of hydrogen-bond acceptors (Lipinski definition) is 4. The van der Waals surface area contributed by atoms with Crippen LogP contribution in [0.3, 0.4) is 0 Å². The van der Waals surface area contributed by atoms with E-state index in [0.29, 0.717) is 12.3 Å². The molecule has 0 saturated heterocycles. The fourth-order valence-electron chi connectivity index (χ4n) is 2.48. The number of hydrazine groups is 1. The van der Waals surface area contributed by atoms with Gasteiger partial charge in [0, 0.05) is 0 Å². The molecule has 18 heavy (non-hydrogen) atoms. The average molecular weight is 259 g/mol. The SMILES string of the molecule is NNC(=O)[C@@H](O)[C@@H](CC1CCCCC1)NC(=O)O. The number of carbonyl (C=O) groups excluding carboxylic acids is 1. The highest BCUT2D eigenvalue weighted by Gasteiger charge is 2.30. The van der Waals surface area contributed by atoms with E-state index in [4.69, 9.17) is 10.9 Å². The molecule has 2 atom stereocenters. The van der Waals surface area contributed by atoms with Crippen LogP contribution < -0.4 is 16.6 Å². The van der Waals surface area contributed by atoms with Crippen LogP contribution in [0.25, 0.3) is 0 Å². The van der Waals surface area contributed by atoms with Crippen LogP contribution in [0.15, 0.2) is 0 Å². The minimum absolute atomic E-state index is 0.343. The predicted molar refractivity (Wildman–Crippen MR) is 64.5 cm³/mol. The highest BCUT2D eigenvalue weighted by Crippen LogP contribution is 2.28. The number of aliphatic hydroxyl groups excluding tert-OH is 1. The summed E-state index contributed by atoms with van der Waals surface area (Å²) in [7, 11) is 0. The Labute approximate surface area is 106 Å². The maximum absolute atomic E-state index is 11.3. The largest absolute Gasteiger partial charge is 0.465 e. The summed E-state index contributed by atoms with van der Waals surface area (Å²) in [6.45, 7) is 0. The molecule has 0 radical (unpaired) electrons. The molecular formula is C11H21N3O4. The van der Waals surface area contributed by atoms with Crippen molar-refractivity contribution < 1.29 is 19.8 Å². The third kappa shape index (κ3) is 4.50. The van der Waals surface area contributed by atoms with Gasteiger partial charge in [-0.1, -0.05) is 32.1 Å². The van der Waals surface area contributed by atoms with E-state index in [0.717, 1.165) is 25.7 Å². The van der Waals surface area contributed by atoms with Crippen LogP contribution in [0, 0.1) is 5.92 Å². The van der Waals surface area contributed by atoms with Crippen LogP contribution in [0.5, 0.6) is 0 Å². The Bertz CT molecular complexity index is 292. The number of amides is 2. The van der Waals surface area contributed by atoms with Crippen molar-refractivity contribution in [1.82, 2.24) is 10.7 Å². The molecule has 2 amide bonds. The monoisotopic (exact) mass is 259 g/mol. The molecule has 0 aliphatic heterocycles. The van der Waals surface area contributed by atoms with Crippen molar-refractivity contribution in [3.63, 3.8) is 0 Å². The van der Waals surface area contributed by atoms with E-state index < -0.39 is 24.1 Å². The van der Waals surface area contributed by atoms with Gasteiger partial charge in [-0.05, 0) is 12.3 Å².